The third-order valence-corrected chi connectivity index (χ3v) is 3.04. The maximum Gasteiger partial charge on any atom is 0.175 e. The number of hydrogen-bond donors (Lipinski definition) is 2. The van der Waals surface area contributed by atoms with Crippen LogP contribution >= 0.6 is 12.2 Å². The molecule has 5 heteroatoms. The first-order chi connectivity index (χ1) is 9.45. The van der Waals surface area contributed by atoms with Gasteiger partial charge in [0.1, 0.15) is 11.6 Å². The molecule has 0 spiro atoms. The van der Waals surface area contributed by atoms with Crippen molar-refractivity contribution < 1.29 is 8.78 Å². The van der Waals surface area contributed by atoms with Crippen LogP contribution in [0.1, 0.15) is 11.1 Å². The lowest BCUT2D eigenvalue weighted by molar-refractivity contribution is 0.584. The van der Waals surface area contributed by atoms with E-state index in [0.29, 0.717) is 0 Å². The fourth-order valence-electron chi connectivity index (χ4n) is 1.91. The van der Waals surface area contributed by atoms with Crippen LogP contribution in [0.5, 0.6) is 0 Å². The number of nitrogens with one attached hydrogen (secondary N) is 2. The molecule has 0 heterocycles. The number of aryl methyl sites for hydroxylation is 2. The summed E-state index contributed by atoms with van der Waals surface area (Å²) in [5.41, 5.74) is 3.24. The molecular weight excluding hydrogens is 278 g/mol. The molecule has 0 aromatic heterocycles. The molecule has 2 nitrogen and oxygen atoms in total. The van der Waals surface area contributed by atoms with E-state index in [1.54, 1.807) is 0 Å². The van der Waals surface area contributed by atoms with Crippen LogP contribution in [-0.4, -0.2) is 5.11 Å². The number of rotatable bonds is 2. The van der Waals surface area contributed by atoms with E-state index in [-0.39, 0.29) is 10.8 Å². The molecule has 0 amide bonds. The van der Waals surface area contributed by atoms with Gasteiger partial charge in [0.05, 0.1) is 0 Å². The van der Waals surface area contributed by atoms with Crippen molar-refractivity contribution in [1.29, 1.82) is 0 Å². The van der Waals surface area contributed by atoms with Gasteiger partial charge in [0.15, 0.2) is 5.11 Å². The highest BCUT2D eigenvalue weighted by molar-refractivity contribution is 7.80. The van der Waals surface area contributed by atoms with Gasteiger partial charge in [-0.05, 0) is 49.3 Å². The Morgan fingerprint density at radius 3 is 2.05 bits per heavy atom. The molecule has 2 aromatic rings. The van der Waals surface area contributed by atoms with Crippen LogP contribution in [0.2, 0.25) is 0 Å². The summed E-state index contributed by atoms with van der Waals surface area (Å²) < 4.78 is 26.2. The summed E-state index contributed by atoms with van der Waals surface area (Å²) in [5, 5.41) is 6.09. The van der Waals surface area contributed by atoms with Crippen molar-refractivity contribution in [1.82, 2.24) is 0 Å². The summed E-state index contributed by atoms with van der Waals surface area (Å²) in [4.78, 5) is 0. The lowest BCUT2D eigenvalue weighted by atomic mass is 10.1. The number of hydrogen-bond acceptors (Lipinski definition) is 1. The van der Waals surface area contributed by atoms with Crippen molar-refractivity contribution in [2.24, 2.45) is 0 Å². The average Bonchev–Trinajstić information content (AvgIpc) is 2.32. The molecule has 0 atom stereocenters. The Hall–Kier alpha value is -2.01. The molecule has 20 heavy (non-hydrogen) atoms. The second-order valence-electron chi connectivity index (χ2n) is 4.50. The van der Waals surface area contributed by atoms with Gasteiger partial charge >= 0.3 is 0 Å². The van der Waals surface area contributed by atoms with Gasteiger partial charge < -0.3 is 10.6 Å². The monoisotopic (exact) mass is 292 g/mol. The summed E-state index contributed by atoms with van der Waals surface area (Å²) in [5.74, 6) is -1.30. The smallest absolute Gasteiger partial charge is 0.175 e. The number of benzene rings is 2. The molecule has 0 saturated heterocycles. The van der Waals surface area contributed by atoms with E-state index < -0.39 is 11.6 Å². The molecule has 0 unspecified atom stereocenters. The van der Waals surface area contributed by atoms with E-state index in [1.165, 1.54) is 12.1 Å². The van der Waals surface area contributed by atoms with E-state index >= 15 is 0 Å². The molecule has 0 aliphatic rings. The minimum Gasteiger partial charge on any atom is -0.332 e. The minimum atomic E-state index is -0.651. The van der Waals surface area contributed by atoms with Gasteiger partial charge in [0, 0.05) is 17.4 Å². The molecule has 2 rings (SSSR count). The average molecular weight is 292 g/mol. The molecule has 0 saturated carbocycles. The summed E-state index contributed by atoms with van der Waals surface area (Å²) in [6.07, 6.45) is 0. The molecule has 0 fully saturated rings. The zero-order chi connectivity index (χ0) is 14.7. The topological polar surface area (TPSA) is 24.1 Å². The second kappa shape index (κ2) is 5.96. The number of thiocarbonyl (C=S) groups is 1. The normalized spacial score (nSPS) is 10.2. The van der Waals surface area contributed by atoms with Crippen molar-refractivity contribution in [3.8, 4) is 0 Å². The third kappa shape index (κ3) is 3.51. The van der Waals surface area contributed by atoms with Gasteiger partial charge in [-0.15, -0.1) is 0 Å². The summed E-state index contributed by atoms with van der Waals surface area (Å²) >= 11 is 5.16. The van der Waals surface area contributed by atoms with Crippen LogP contribution in [0.4, 0.5) is 20.2 Å². The molecular formula is C15H14F2N2S. The van der Waals surface area contributed by atoms with Crippen molar-refractivity contribution in [3.05, 3.63) is 59.2 Å². The summed E-state index contributed by atoms with van der Waals surface area (Å²) in [6.45, 7) is 3.92. The van der Waals surface area contributed by atoms with Crippen molar-refractivity contribution in [2.75, 3.05) is 10.6 Å². The van der Waals surface area contributed by atoms with Crippen LogP contribution in [0, 0.1) is 25.5 Å². The molecule has 0 aliphatic heterocycles. The highest BCUT2D eigenvalue weighted by atomic mass is 32.1. The first kappa shape index (κ1) is 14.4. The third-order valence-electron chi connectivity index (χ3n) is 2.84. The lowest BCUT2D eigenvalue weighted by Crippen LogP contribution is -2.20. The Morgan fingerprint density at radius 1 is 0.950 bits per heavy atom. The number of anilines is 2. The number of halogens is 2. The van der Waals surface area contributed by atoms with Crippen LogP contribution in [0.3, 0.4) is 0 Å². The molecule has 0 aliphatic carbocycles. The Morgan fingerprint density at radius 2 is 1.50 bits per heavy atom. The van der Waals surface area contributed by atoms with Gasteiger partial charge in [0.2, 0.25) is 0 Å². The van der Waals surface area contributed by atoms with E-state index in [4.69, 9.17) is 12.2 Å². The van der Waals surface area contributed by atoms with Crippen LogP contribution in [0.25, 0.3) is 0 Å². The molecule has 2 aromatic carbocycles. The summed E-state index contributed by atoms with van der Waals surface area (Å²) in [6, 6.07) is 9.05. The predicted molar refractivity (Wildman–Crippen MR) is 82.1 cm³/mol. The standard InChI is InChI=1S/C15H14F2N2S/c1-9-4-3-5-10(2)14(9)19-15(20)18-13-7-11(16)6-12(17)8-13/h3-8H,1-2H3,(H2,18,19,20). The highest BCUT2D eigenvalue weighted by Crippen LogP contribution is 2.20. The van der Waals surface area contributed by atoms with Crippen molar-refractivity contribution >= 4 is 28.7 Å². The van der Waals surface area contributed by atoms with E-state index in [2.05, 4.69) is 10.6 Å². The Bertz CT molecular complexity index is 616. The molecule has 104 valence electrons. The summed E-state index contributed by atoms with van der Waals surface area (Å²) in [7, 11) is 0. The lowest BCUT2D eigenvalue weighted by Gasteiger charge is -2.14. The van der Waals surface area contributed by atoms with Gasteiger partial charge in [-0.2, -0.15) is 0 Å². The van der Waals surface area contributed by atoms with Gasteiger partial charge in [0.25, 0.3) is 0 Å². The largest absolute Gasteiger partial charge is 0.332 e. The first-order valence-electron chi connectivity index (χ1n) is 6.06. The van der Waals surface area contributed by atoms with Crippen LogP contribution in [-0.2, 0) is 0 Å². The maximum absolute atomic E-state index is 13.1. The van der Waals surface area contributed by atoms with Crippen LogP contribution < -0.4 is 10.6 Å². The molecule has 2 N–H and O–H groups in total. The Balaban J connectivity index is 2.13. The highest BCUT2D eigenvalue weighted by Gasteiger charge is 2.06. The van der Waals surface area contributed by atoms with E-state index in [9.17, 15) is 8.78 Å². The SMILES string of the molecule is Cc1cccc(C)c1NC(=S)Nc1cc(F)cc(F)c1. The second-order valence-corrected chi connectivity index (χ2v) is 4.91. The van der Waals surface area contributed by atoms with Gasteiger partial charge in [-0.3, -0.25) is 0 Å². The Labute approximate surface area is 121 Å². The van der Waals surface area contributed by atoms with Crippen molar-refractivity contribution in [2.45, 2.75) is 13.8 Å². The predicted octanol–water partition coefficient (Wildman–Crippen LogP) is 4.39. The fourth-order valence-corrected chi connectivity index (χ4v) is 2.13. The first-order valence-corrected chi connectivity index (χ1v) is 6.47. The van der Waals surface area contributed by atoms with Gasteiger partial charge in [-0.25, -0.2) is 8.78 Å². The van der Waals surface area contributed by atoms with Gasteiger partial charge in [-0.1, -0.05) is 18.2 Å². The minimum absolute atomic E-state index is 0.270. The Kier molecular flexibility index (Phi) is 4.29. The van der Waals surface area contributed by atoms with Crippen LogP contribution in [0.15, 0.2) is 36.4 Å². The maximum atomic E-state index is 13.1. The van der Waals surface area contributed by atoms with E-state index in [0.717, 1.165) is 22.9 Å². The molecule has 0 bridgehead atoms. The molecule has 0 radical (unpaired) electrons. The van der Waals surface area contributed by atoms with Crippen molar-refractivity contribution in [3.63, 3.8) is 0 Å². The quantitative estimate of drug-likeness (QED) is 0.803. The number of para-hydroxylation sites is 1. The fraction of sp³-hybridized carbons (Fsp3) is 0.133. The zero-order valence-electron chi connectivity index (χ0n) is 11.1. The van der Waals surface area contributed by atoms with E-state index in [1.807, 2.05) is 32.0 Å². The zero-order valence-corrected chi connectivity index (χ0v) is 11.9.